The van der Waals surface area contributed by atoms with E-state index in [1.165, 1.54) is 12.0 Å². The van der Waals surface area contributed by atoms with E-state index in [4.69, 9.17) is 16.3 Å². The number of ether oxygens (including phenoxy) is 1. The molecule has 1 rings (SSSR count). The lowest BCUT2D eigenvalue weighted by Gasteiger charge is -2.21. The van der Waals surface area contributed by atoms with Gasteiger partial charge in [-0.2, -0.15) is 0 Å². The van der Waals surface area contributed by atoms with Crippen LogP contribution in [-0.2, 0) is 4.74 Å². The predicted octanol–water partition coefficient (Wildman–Crippen LogP) is 2.43. The molecule has 0 spiro atoms. The first-order valence-electron chi connectivity index (χ1n) is 5.50. The number of hydrogen-bond acceptors (Lipinski definition) is 2. The van der Waals surface area contributed by atoms with Crippen LogP contribution in [0.15, 0.2) is 12.1 Å². The van der Waals surface area contributed by atoms with Gasteiger partial charge in [0.2, 0.25) is 0 Å². The molecular formula is C12H13ClF3NO2. The van der Waals surface area contributed by atoms with E-state index in [9.17, 15) is 18.0 Å². The highest BCUT2D eigenvalue weighted by molar-refractivity contribution is 6.18. The molecule has 1 aromatic rings. The van der Waals surface area contributed by atoms with Crippen LogP contribution >= 0.6 is 11.6 Å². The smallest absolute Gasteiger partial charge is 0.257 e. The van der Waals surface area contributed by atoms with Crippen molar-refractivity contribution in [2.24, 2.45) is 0 Å². The van der Waals surface area contributed by atoms with Gasteiger partial charge < -0.3 is 9.64 Å². The Hall–Kier alpha value is -1.27. The first-order valence-corrected chi connectivity index (χ1v) is 6.04. The largest absolute Gasteiger partial charge is 0.383 e. The molecule has 19 heavy (non-hydrogen) atoms. The topological polar surface area (TPSA) is 29.5 Å². The van der Waals surface area contributed by atoms with Crippen LogP contribution in [0.2, 0.25) is 0 Å². The second-order valence-corrected chi connectivity index (χ2v) is 4.07. The first kappa shape index (κ1) is 15.8. The lowest BCUT2D eigenvalue weighted by Crippen LogP contribution is -2.36. The van der Waals surface area contributed by atoms with Crippen LogP contribution < -0.4 is 0 Å². The number of carbonyl (C=O) groups excluding carboxylic acids is 1. The summed E-state index contributed by atoms with van der Waals surface area (Å²) in [5, 5.41) is 0. The number of benzene rings is 1. The van der Waals surface area contributed by atoms with Crippen molar-refractivity contribution in [3.8, 4) is 0 Å². The Morgan fingerprint density at radius 3 is 2.53 bits per heavy atom. The van der Waals surface area contributed by atoms with Crippen molar-refractivity contribution in [3.05, 3.63) is 35.1 Å². The van der Waals surface area contributed by atoms with Crippen LogP contribution in [0.3, 0.4) is 0 Å². The molecule has 0 aliphatic rings. The van der Waals surface area contributed by atoms with Crippen molar-refractivity contribution in [2.45, 2.75) is 0 Å². The summed E-state index contributed by atoms with van der Waals surface area (Å²) in [7, 11) is 1.45. The second-order valence-electron chi connectivity index (χ2n) is 3.70. The van der Waals surface area contributed by atoms with Gasteiger partial charge in [0, 0.05) is 26.1 Å². The van der Waals surface area contributed by atoms with Gasteiger partial charge in [-0.3, -0.25) is 4.79 Å². The zero-order valence-corrected chi connectivity index (χ0v) is 11.0. The lowest BCUT2D eigenvalue weighted by molar-refractivity contribution is 0.0702. The summed E-state index contributed by atoms with van der Waals surface area (Å²) >= 11 is 5.54. The van der Waals surface area contributed by atoms with Crippen LogP contribution in [0.5, 0.6) is 0 Å². The maximum atomic E-state index is 13.5. The van der Waals surface area contributed by atoms with Crippen molar-refractivity contribution in [1.82, 2.24) is 4.90 Å². The molecule has 0 saturated carbocycles. The Kier molecular flexibility index (Phi) is 6.11. The molecule has 0 aliphatic carbocycles. The molecule has 7 heteroatoms. The van der Waals surface area contributed by atoms with Crippen LogP contribution in [0, 0.1) is 17.5 Å². The number of hydrogen-bond donors (Lipinski definition) is 0. The number of rotatable bonds is 6. The Morgan fingerprint density at radius 1 is 1.26 bits per heavy atom. The molecule has 0 aromatic heterocycles. The highest BCUT2D eigenvalue weighted by Crippen LogP contribution is 2.17. The fourth-order valence-corrected chi connectivity index (χ4v) is 1.68. The number of amides is 1. The van der Waals surface area contributed by atoms with Crippen LogP contribution in [0.1, 0.15) is 10.4 Å². The third-order valence-corrected chi connectivity index (χ3v) is 2.64. The number of nitrogens with zero attached hydrogens (tertiary/aromatic N) is 1. The molecule has 0 bridgehead atoms. The van der Waals surface area contributed by atoms with E-state index in [0.717, 1.165) is 6.07 Å². The molecule has 3 nitrogen and oxygen atoms in total. The summed E-state index contributed by atoms with van der Waals surface area (Å²) in [4.78, 5) is 13.2. The molecular weight excluding hydrogens is 283 g/mol. The lowest BCUT2D eigenvalue weighted by atomic mass is 10.1. The van der Waals surface area contributed by atoms with Crippen molar-refractivity contribution in [3.63, 3.8) is 0 Å². The predicted molar refractivity (Wildman–Crippen MR) is 64.8 cm³/mol. The Labute approximate surface area is 113 Å². The number of alkyl halides is 1. The summed E-state index contributed by atoms with van der Waals surface area (Å²) in [6, 6.07) is 1.62. The van der Waals surface area contributed by atoms with Gasteiger partial charge in [-0.1, -0.05) is 0 Å². The molecule has 0 heterocycles. The first-order chi connectivity index (χ1) is 9.02. The van der Waals surface area contributed by atoms with Crippen molar-refractivity contribution in [2.75, 3.05) is 32.7 Å². The van der Waals surface area contributed by atoms with Gasteiger partial charge in [-0.25, -0.2) is 13.2 Å². The number of halogens is 4. The van der Waals surface area contributed by atoms with Crippen molar-refractivity contribution in [1.29, 1.82) is 0 Å². The van der Waals surface area contributed by atoms with Crippen molar-refractivity contribution >= 4 is 17.5 Å². The molecule has 106 valence electrons. The molecule has 0 radical (unpaired) electrons. The monoisotopic (exact) mass is 295 g/mol. The molecule has 0 saturated heterocycles. The van der Waals surface area contributed by atoms with Gasteiger partial charge in [0.25, 0.3) is 5.91 Å². The van der Waals surface area contributed by atoms with Gasteiger partial charge in [0.05, 0.1) is 12.2 Å². The number of methoxy groups -OCH3 is 1. The molecule has 0 atom stereocenters. The van der Waals surface area contributed by atoms with E-state index in [2.05, 4.69) is 0 Å². The van der Waals surface area contributed by atoms with E-state index in [1.54, 1.807) is 0 Å². The van der Waals surface area contributed by atoms with Crippen LogP contribution in [0.4, 0.5) is 13.2 Å². The van der Waals surface area contributed by atoms with Crippen LogP contribution in [0.25, 0.3) is 0 Å². The minimum absolute atomic E-state index is 0.140. The van der Waals surface area contributed by atoms with Crippen LogP contribution in [-0.4, -0.2) is 43.5 Å². The molecule has 0 aliphatic heterocycles. The highest BCUT2D eigenvalue weighted by atomic mass is 35.5. The average Bonchev–Trinajstić information content (AvgIpc) is 2.40. The van der Waals surface area contributed by atoms with Gasteiger partial charge >= 0.3 is 0 Å². The van der Waals surface area contributed by atoms with E-state index in [0.29, 0.717) is 6.07 Å². The van der Waals surface area contributed by atoms with Gasteiger partial charge in [0.1, 0.15) is 0 Å². The Bertz CT molecular complexity index is 457. The quantitative estimate of drug-likeness (QED) is 0.596. The normalized spacial score (nSPS) is 10.6. The Morgan fingerprint density at radius 2 is 1.95 bits per heavy atom. The standard InChI is InChI=1S/C12H13ClF3NO2/c1-19-7-6-17(5-4-13)12(18)8-2-3-9(14)11(16)10(8)15/h2-3H,4-7H2,1H3. The minimum atomic E-state index is -1.66. The fraction of sp³-hybridized carbons (Fsp3) is 0.417. The molecule has 1 amide bonds. The maximum Gasteiger partial charge on any atom is 0.257 e. The Balaban J connectivity index is 2.99. The number of carbonyl (C=O) groups is 1. The van der Waals surface area contributed by atoms with E-state index in [-0.39, 0.29) is 25.6 Å². The second kappa shape index (κ2) is 7.35. The summed E-state index contributed by atoms with van der Waals surface area (Å²) < 4.78 is 44.2. The summed E-state index contributed by atoms with van der Waals surface area (Å²) in [6.07, 6.45) is 0. The summed E-state index contributed by atoms with van der Waals surface area (Å²) in [6.45, 7) is 0.566. The molecule has 0 unspecified atom stereocenters. The van der Waals surface area contributed by atoms with Gasteiger partial charge in [-0.05, 0) is 12.1 Å². The molecule has 0 fully saturated rings. The van der Waals surface area contributed by atoms with Crippen molar-refractivity contribution < 1.29 is 22.7 Å². The van der Waals surface area contributed by atoms with E-state index >= 15 is 0 Å². The zero-order chi connectivity index (χ0) is 14.4. The third kappa shape index (κ3) is 3.84. The molecule has 1 aromatic carbocycles. The third-order valence-electron chi connectivity index (χ3n) is 2.47. The maximum absolute atomic E-state index is 13.5. The minimum Gasteiger partial charge on any atom is -0.383 e. The summed E-state index contributed by atoms with van der Waals surface area (Å²) in [5.74, 6) is -5.12. The SMILES string of the molecule is COCCN(CCCl)C(=O)c1ccc(F)c(F)c1F. The van der Waals surface area contributed by atoms with E-state index < -0.39 is 28.9 Å². The highest BCUT2D eigenvalue weighted by Gasteiger charge is 2.22. The molecule has 0 N–H and O–H groups in total. The van der Waals surface area contributed by atoms with Gasteiger partial charge in [0.15, 0.2) is 17.5 Å². The summed E-state index contributed by atoms with van der Waals surface area (Å²) in [5.41, 5.74) is -0.528. The fourth-order valence-electron chi connectivity index (χ4n) is 1.48. The average molecular weight is 296 g/mol. The van der Waals surface area contributed by atoms with Gasteiger partial charge in [-0.15, -0.1) is 11.6 Å². The zero-order valence-electron chi connectivity index (χ0n) is 10.3. The van der Waals surface area contributed by atoms with E-state index in [1.807, 2.05) is 0 Å².